The molecule has 1 aliphatic rings. The molecular formula is C8H17B. The van der Waals surface area contributed by atoms with Crippen LogP contribution in [0.15, 0.2) is 0 Å². The molecule has 1 heteroatoms. The van der Waals surface area contributed by atoms with E-state index in [9.17, 15) is 0 Å². The number of hydrogen-bond donors (Lipinski definition) is 0. The lowest BCUT2D eigenvalue weighted by Crippen LogP contribution is -2.00. The quantitative estimate of drug-likeness (QED) is 0.468. The molecule has 0 aromatic heterocycles. The van der Waals surface area contributed by atoms with Gasteiger partial charge in [0, 0.05) is 0 Å². The van der Waals surface area contributed by atoms with Gasteiger partial charge < -0.3 is 0 Å². The predicted octanol–water partition coefficient (Wildman–Crippen LogP) is 1.86. The minimum Gasteiger partial charge on any atom is -0.0692 e. The van der Waals surface area contributed by atoms with Gasteiger partial charge in [-0.2, -0.15) is 0 Å². The summed E-state index contributed by atoms with van der Waals surface area (Å²) in [5.41, 5.74) is 0. The van der Waals surface area contributed by atoms with Gasteiger partial charge in [-0.25, -0.2) is 0 Å². The van der Waals surface area contributed by atoms with Crippen LogP contribution in [0, 0.1) is 11.8 Å². The molecule has 0 saturated heterocycles. The van der Waals surface area contributed by atoms with Gasteiger partial charge >= 0.3 is 0 Å². The normalized spacial score (nSPS) is 43.6. The first-order valence-electron chi connectivity index (χ1n) is 4.24. The Hall–Kier alpha value is 0.0649. The third-order valence-electron chi connectivity index (χ3n) is 2.81. The van der Waals surface area contributed by atoms with Crippen molar-refractivity contribution in [1.82, 2.24) is 0 Å². The largest absolute Gasteiger partial charge is 0.105 e. The molecule has 0 amide bonds. The van der Waals surface area contributed by atoms with Gasteiger partial charge in [-0.05, 0) is 11.8 Å². The number of hydrogen-bond acceptors (Lipinski definition) is 0. The van der Waals surface area contributed by atoms with Gasteiger partial charge in [0.25, 0.3) is 0 Å². The summed E-state index contributed by atoms with van der Waals surface area (Å²) in [4.78, 5) is 0. The molecule has 9 heavy (non-hydrogen) atoms. The van der Waals surface area contributed by atoms with Crippen LogP contribution < -0.4 is 0 Å². The van der Waals surface area contributed by atoms with Crippen molar-refractivity contribution in [2.45, 2.75) is 38.9 Å². The SMILES string of the molecule is BC1CC(C)C(CC)C1. The second-order valence-electron chi connectivity index (χ2n) is 3.72. The predicted molar refractivity (Wildman–Crippen MR) is 44.5 cm³/mol. The van der Waals surface area contributed by atoms with Crippen molar-refractivity contribution in [3.8, 4) is 0 Å². The van der Waals surface area contributed by atoms with Crippen LogP contribution in [0.2, 0.25) is 5.82 Å². The van der Waals surface area contributed by atoms with Crippen molar-refractivity contribution in [2.75, 3.05) is 0 Å². The standard InChI is InChI=1S/C8H17B/c1-3-7-5-8(9)4-6(7)2/h6-8H,3-5,9H2,1-2H3. The molecule has 3 unspecified atom stereocenters. The Kier molecular flexibility index (Phi) is 2.20. The highest BCUT2D eigenvalue weighted by Gasteiger charge is 2.26. The molecule has 1 rings (SSSR count). The van der Waals surface area contributed by atoms with Crippen LogP contribution in [-0.2, 0) is 0 Å². The topological polar surface area (TPSA) is 0 Å². The minimum atomic E-state index is 1.00. The molecule has 3 atom stereocenters. The first-order chi connectivity index (χ1) is 4.24. The summed E-state index contributed by atoms with van der Waals surface area (Å²) in [7, 11) is 2.38. The van der Waals surface area contributed by atoms with Crippen LogP contribution in [0.25, 0.3) is 0 Å². The third-order valence-corrected chi connectivity index (χ3v) is 2.81. The van der Waals surface area contributed by atoms with Gasteiger partial charge in [0.05, 0.1) is 0 Å². The van der Waals surface area contributed by atoms with Crippen LogP contribution in [0.1, 0.15) is 33.1 Å². The maximum absolute atomic E-state index is 2.40. The highest BCUT2D eigenvalue weighted by Crippen LogP contribution is 2.39. The highest BCUT2D eigenvalue weighted by atomic mass is 14.3. The summed E-state index contributed by atoms with van der Waals surface area (Å²) in [6.45, 7) is 4.72. The van der Waals surface area contributed by atoms with Crippen molar-refractivity contribution in [2.24, 2.45) is 11.8 Å². The summed E-state index contributed by atoms with van der Waals surface area (Å²) >= 11 is 0. The average Bonchev–Trinajstić information content (AvgIpc) is 2.10. The molecular weight excluding hydrogens is 107 g/mol. The van der Waals surface area contributed by atoms with Crippen LogP contribution in [0.5, 0.6) is 0 Å². The molecule has 0 aliphatic heterocycles. The maximum atomic E-state index is 2.40. The molecule has 0 nitrogen and oxygen atoms in total. The first kappa shape index (κ1) is 7.18. The van der Waals surface area contributed by atoms with Crippen molar-refractivity contribution >= 4 is 7.85 Å². The Balaban J connectivity index is 2.38. The van der Waals surface area contributed by atoms with Gasteiger partial charge in [-0.3, -0.25) is 0 Å². The van der Waals surface area contributed by atoms with E-state index < -0.39 is 0 Å². The molecule has 0 bridgehead atoms. The molecule has 0 aromatic rings. The number of rotatable bonds is 1. The molecule has 0 spiro atoms. The molecule has 0 radical (unpaired) electrons. The molecule has 1 saturated carbocycles. The van der Waals surface area contributed by atoms with Gasteiger partial charge in [0.1, 0.15) is 7.85 Å². The van der Waals surface area contributed by atoms with E-state index >= 15 is 0 Å². The maximum Gasteiger partial charge on any atom is 0.105 e. The van der Waals surface area contributed by atoms with Crippen molar-refractivity contribution in [3.63, 3.8) is 0 Å². The van der Waals surface area contributed by atoms with E-state index in [0.29, 0.717) is 0 Å². The van der Waals surface area contributed by atoms with Gasteiger partial charge in [-0.15, -0.1) is 0 Å². The van der Waals surface area contributed by atoms with E-state index in [1.807, 2.05) is 0 Å². The lowest BCUT2D eigenvalue weighted by atomic mass is 9.85. The highest BCUT2D eigenvalue weighted by molar-refractivity contribution is 6.11. The fraction of sp³-hybridized carbons (Fsp3) is 1.00. The van der Waals surface area contributed by atoms with E-state index in [1.54, 1.807) is 0 Å². The van der Waals surface area contributed by atoms with Gasteiger partial charge in [0.15, 0.2) is 0 Å². The van der Waals surface area contributed by atoms with E-state index in [-0.39, 0.29) is 0 Å². The lowest BCUT2D eigenvalue weighted by Gasteiger charge is -2.10. The van der Waals surface area contributed by atoms with Gasteiger partial charge in [0.2, 0.25) is 0 Å². The van der Waals surface area contributed by atoms with E-state index in [2.05, 4.69) is 21.7 Å². The van der Waals surface area contributed by atoms with Crippen LogP contribution in [-0.4, -0.2) is 7.85 Å². The minimum absolute atomic E-state index is 1.00. The van der Waals surface area contributed by atoms with E-state index in [4.69, 9.17) is 0 Å². The van der Waals surface area contributed by atoms with Crippen LogP contribution >= 0.6 is 0 Å². The van der Waals surface area contributed by atoms with Crippen molar-refractivity contribution < 1.29 is 0 Å². The first-order valence-corrected chi connectivity index (χ1v) is 4.24. The Morgan fingerprint density at radius 1 is 1.44 bits per heavy atom. The summed E-state index contributed by atoms with van der Waals surface area (Å²) in [5, 5.41) is 0. The molecule has 0 heterocycles. The fourth-order valence-electron chi connectivity index (χ4n) is 2.24. The smallest absolute Gasteiger partial charge is 0.0692 e. The van der Waals surface area contributed by atoms with Crippen molar-refractivity contribution in [1.29, 1.82) is 0 Å². The zero-order valence-corrected chi connectivity index (χ0v) is 6.85. The fourth-order valence-corrected chi connectivity index (χ4v) is 2.24. The average molecular weight is 124 g/mol. The van der Waals surface area contributed by atoms with Gasteiger partial charge in [-0.1, -0.05) is 38.9 Å². The van der Waals surface area contributed by atoms with Crippen LogP contribution in [0.4, 0.5) is 0 Å². The Morgan fingerprint density at radius 3 is 2.33 bits per heavy atom. The van der Waals surface area contributed by atoms with E-state index in [1.165, 1.54) is 19.3 Å². The molecule has 0 aromatic carbocycles. The summed E-state index contributed by atoms with van der Waals surface area (Å²) in [6.07, 6.45) is 4.35. The summed E-state index contributed by atoms with van der Waals surface area (Å²) < 4.78 is 0. The second-order valence-corrected chi connectivity index (χ2v) is 3.72. The van der Waals surface area contributed by atoms with Crippen molar-refractivity contribution in [3.05, 3.63) is 0 Å². The molecule has 1 fully saturated rings. The zero-order chi connectivity index (χ0) is 6.85. The monoisotopic (exact) mass is 124 g/mol. The lowest BCUT2D eigenvalue weighted by molar-refractivity contribution is 0.407. The molecule has 0 N–H and O–H groups in total. The Bertz CT molecular complexity index is 90.6. The van der Waals surface area contributed by atoms with Crippen LogP contribution in [0.3, 0.4) is 0 Å². The molecule has 1 aliphatic carbocycles. The third kappa shape index (κ3) is 1.50. The van der Waals surface area contributed by atoms with E-state index in [0.717, 1.165) is 17.7 Å². The Labute approximate surface area is 59.4 Å². The Morgan fingerprint density at radius 2 is 2.11 bits per heavy atom. The zero-order valence-electron chi connectivity index (χ0n) is 6.85. The molecule has 52 valence electrons. The second kappa shape index (κ2) is 2.77. The summed E-state index contributed by atoms with van der Waals surface area (Å²) in [5.74, 6) is 3.05. The summed E-state index contributed by atoms with van der Waals surface area (Å²) in [6, 6.07) is 0.